The van der Waals surface area contributed by atoms with E-state index in [2.05, 4.69) is 30.4 Å². The van der Waals surface area contributed by atoms with E-state index in [1.807, 2.05) is 19.1 Å². The zero-order chi connectivity index (χ0) is 21.1. The van der Waals surface area contributed by atoms with E-state index in [9.17, 15) is 19.2 Å². The predicted octanol–water partition coefficient (Wildman–Crippen LogP) is 3.20. The number of carbonyl (C=O) groups excluding carboxylic acids is 4. The molecule has 3 rings (SSSR count). The van der Waals surface area contributed by atoms with E-state index in [0.717, 1.165) is 14.7 Å². The van der Waals surface area contributed by atoms with Gasteiger partial charge in [0.05, 0.1) is 0 Å². The van der Waals surface area contributed by atoms with E-state index in [0.29, 0.717) is 10.6 Å². The van der Waals surface area contributed by atoms with Gasteiger partial charge in [0.15, 0.2) is 0 Å². The summed E-state index contributed by atoms with van der Waals surface area (Å²) in [4.78, 5) is 51.5. The van der Waals surface area contributed by atoms with Gasteiger partial charge in [-0.2, -0.15) is 0 Å². The van der Waals surface area contributed by atoms with Crippen LogP contribution in [0.4, 0.5) is 10.5 Å². The summed E-state index contributed by atoms with van der Waals surface area (Å²) in [6, 6.07) is 12.8. The van der Waals surface area contributed by atoms with Crippen LogP contribution in [0, 0.1) is 13.8 Å². The predicted molar refractivity (Wildman–Crippen MR) is 110 cm³/mol. The molecule has 1 aliphatic rings. The van der Waals surface area contributed by atoms with Crippen LogP contribution < -0.4 is 5.32 Å². The van der Waals surface area contributed by atoms with Crippen molar-refractivity contribution in [2.45, 2.75) is 30.6 Å². The number of amides is 5. The molecule has 5 amide bonds. The zero-order valence-corrected chi connectivity index (χ0v) is 17.2. The lowest BCUT2D eigenvalue weighted by Gasteiger charge is -2.14. The fourth-order valence-corrected chi connectivity index (χ4v) is 3.86. The maximum absolute atomic E-state index is 12.2. The van der Waals surface area contributed by atoms with Crippen LogP contribution in [0.3, 0.4) is 0 Å². The number of urea groups is 1. The molecule has 8 heteroatoms. The van der Waals surface area contributed by atoms with Gasteiger partial charge >= 0.3 is 17.8 Å². The highest BCUT2D eigenvalue weighted by atomic mass is 32.2. The Morgan fingerprint density at radius 1 is 0.966 bits per heavy atom. The van der Waals surface area contributed by atoms with Crippen LogP contribution in [0.15, 0.2) is 52.3 Å². The summed E-state index contributed by atoms with van der Waals surface area (Å²) >= 11 is 1.63. The summed E-state index contributed by atoms with van der Waals surface area (Å²) in [6.07, 6.45) is 0. The Hall–Kier alpha value is -3.13. The monoisotopic (exact) mass is 411 g/mol. The molecule has 1 aliphatic heterocycles. The molecule has 0 radical (unpaired) electrons. The molecule has 150 valence electrons. The second-order valence-electron chi connectivity index (χ2n) is 6.67. The van der Waals surface area contributed by atoms with Gasteiger partial charge in [-0.05, 0) is 62.2 Å². The Balaban J connectivity index is 1.62. The number of hydrogen-bond donors (Lipinski definition) is 1. The van der Waals surface area contributed by atoms with Crippen molar-refractivity contribution in [2.75, 3.05) is 18.4 Å². The fourth-order valence-electron chi connectivity index (χ4n) is 2.86. The summed E-state index contributed by atoms with van der Waals surface area (Å²) in [5, 5.41) is 2.65. The molecule has 1 heterocycles. The van der Waals surface area contributed by atoms with Gasteiger partial charge in [-0.15, -0.1) is 0 Å². The lowest BCUT2D eigenvalue weighted by molar-refractivity contribution is -0.143. The Bertz CT molecular complexity index is 988. The molecule has 0 aromatic heterocycles. The maximum atomic E-state index is 12.2. The van der Waals surface area contributed by atoms with Crippen LogP contribution in [0.1, 0.15) is 18.1 Å². The number of anilines is 1. The van der Waals surface area contributed by atoms with E-state index >= 15 is 0 Å². The Kier molecular flexibility index (Phi) is 6.03. The molecule has 29 heavy (non-hydrogen) atoms. The van der Waals surface area contributed by atoms with E-state index < -0.39 is 30.3 Å². The number of hydrogen-bond acceptors (Lipinski definition) is 5. The van der Waals surface area contributed by atoms with Gasteiger partial charge in [0.2, 0.25) is 5.91 Å². The molecule has 1 fully saturated rings. The quantitative estimate of drug-likeness (QED) is 0.583. The number of aryl methyl sites for hydroxylation is 2. The molecule has 0 spiro atoms. The van der Waals surface area contributed by atoms with Gasteiger partial charge in [0, 0.05) is 22.0 Å². The number of imide groups is 2. The Morgan fingerprint density at radius 2 is 1.62 bits per heavy atom. The van der Waals surface area contributed by atoms with Gasteiger partial charge < -0.3 is 5.32 Å². The molecule has 1 saturated heterocycles. The van der Waals surface area contributed by atoms with Gasteiger partial charge in [0.25, 0.3) is 0 Å². The SMILES string of the molecule is CCN1C(=O)C(=O)N(CC(=O)Nc2ccc(Sc3cc(C)ccc3C)cc2)C1=O. The van der Waals surface area contributed by atoms with Crippen LogP contribution in [0.5, 0.6) is 0 Å². The third-order valence-electron chi connectivity index (χ3n) is 4.46. The molecule has 0 bridgehead atoms. The van der Waals surface area contributed by atoms with Crippen molar-refractivity contribution in [1.29, 1.82) is 0 Å². The van der Waals surface area contributed by atoms with Crippen LogP contribution in [-0.4, -0.2) is 46.6 Å². The Morgan fingerprint density at radius 3 is 2.24 bits per heavy atom. The van der Waals surface area contributed by atoms with Crippen molar-refractivity contribution in [3.63, 3.8) is 0 Å². The van der Waals surface area contributed by atoms with E-state index in [-0.39, 0.29) is 6.54 Å². The van der Waals surface area contributed by atoms with Crippen molar-refractivity contribution in [2.24, 2.45) is 0 Å². The van der Waals surface area contributed by atoms with Gasteiger partial charge in [0.1, 0.15) is 6.54 Å². The largest absolute Gasteiger partial charge is 0.334 e. The van der Waals surface area contributed by atoms with E-state index in [1.54, 1.807) is 30.8 Å². The minimum atomic E-state index is -0.979. The van der Waals surface area contributed by atoms with E-state index in [1.165, 1.54) is 11.1 Å². The third kappa shape index (κ3) is 4.48. The van der Waals surface area contributed by atoms with Crippen LogP contribution in [0.25, 0.3) is 0 Å². The molecule has 7 nitrogen and oxygen atoms in total. The summed E-state index contributed by atoms with van der Waals surface area (Å²) in [5.41, 5.74) is 2.92. The van der Waals surface area contributed by atoms with Crippen LogP contribution in [-0.2, 0) is 14.4 Å². The van der Waals surface area contributed by atoms with E-state index in [4.69, 9.17) is 0 Å². The topological polar surface area (TPSA) is 86.8 Å². The smallest absolute Gasteiger partial charge is 0.325 e. The Labute approximate surface area is 173 Å². The normalized spacial score (nSPS) is 14.0. The first kappa shape index (κ1) is 20.6. The van der Waals surface area contributed by atoms with Crippen molar-refractivity contribution < 1.29 is 19.2 Å². The molecule has 0 unspecified atom stereocenters. The van der Waals surface area contributed by atoms with Crippen molar-refractivity contribution >= 4 is 41.2 Å². The molecule has 2 aromatic carbocycles. The first-order valence-electron chi connectivity index (χ1n) is 9.12. The van der Waals surface area contributed by atoms with Crippen molar-refractivity contribution in [3.05, 3.63) is 53.6 Å². The second kappa shape index (κ2) is 8.48. The first-order valence-corrected chi connectivity index (χ1v) is 9.94. The van der Waals surface area contributed by atoms with Crippen molar-refractivity contribution in [1.82, 2.24) is 9.80 Å². The molecular weight excluding hydrogens is 390 g/mol. The molecule has 0 atom stereocenters. The first-order chi connectivity index (χ1) is 13.8. The number of benzene rings is 2. The average molecular weight is 411 g/mol. The van der Waals surface area contributed by atoms with Crippen molar-refractivity contribution in [3.8, 4) is 0 Å². The third-order valence-corrected chi connectivity index (χ3v) is 5.63. The van der Waals surface area contributed by atoms with Crippen LogP contribution in [0.2, 0.25) is 0 Å². The highest BCUT2D eigenvalue weighted by Crippen LogP contribution is 2.31. The molecule has 2 aromatic rings. The fraction of sp³-hybridized carbons (Fsp3) is 0.238. The number of carbonyl (C=O) groups is 4. The summed E-state index contributed by atoms with van der Waals surface area (Å²) < 4.78 is 0. The number of rotatable bonds is 6. The molecular formula is C21H21N3O4S. The molecule has 1 N–H and O–H groups in total. The van der Waals surface area contributed by atoms with Gasteiger partial charge in [-0.3, -0.25) is 19.3 Å². The highest BCUT2D eigenvalue weighted by molar-refractivity contribution is 7.99. The summed E-state index contributed by atoms with van der Waals surface area (Å²) in [5.74, 6) is -2.43. The number of likely N-dealkylation sites (N-methyl/N-ethyl adjacent to an activating group) is 1. The number of nitrogens with one attached hydrogen (secondary N) is 1. The summed E-state index contributed by atoms with van der Waals surface area (Å²) in [7, 11) is 0. The van der Waals surface area contributed by atoms with Crippen LogP contribution >= 0.6 is 11.8 Å². The zero-order valence-electron chi connectivity index (χ0n) is 16.4. The standard InChI is InChI=1S/C21H21N3O4S/c1-4-23-19(26)20(27)24(21(23)28)12-18(25)22-15-7-9-16(10-8-15)29-17-11-13(2)5-6-14(17)3/h5-11H,4,12H2,1-3H3,(H,22,25). The lowest BCUT2D eigenvalue weighted by atomic mass is 10.2. The minimum absolute atomic E-state index is 0.0844. The maximum Gasteiger partial charge on any atom is 0.334 e. The minimum Gasteiger partial charge on any atom is -0.325 e. The molecule has 0 aliphatic carbocycles. The second-order valence-corrected chi connectivity index (χ2v) is 7.78. The van der Waals surface area contributed by atoms with Gasteiger partial charge in [-0.1, -0.05) is 23.9 Å². The molecule has 0 saturated carbocycles. The lowest BCUT2D eigenvalue weighted by Crippen LogP contribution is -2.38. The van der Waals surface area contributed by atoms with Gasteiger partial charge in [-0.25, -0.2) is 9.69 Å². The number of nitrogens with zero attached hydrogens (tertiary/aromatic N) is 2. The average Bonchev–Trinajstić information content (AvgIpc) is 2.89. The summed E-state index contributed by atoms with van der Waals surface area (Å²) in [6.45, 7) is 5.28. The highest BCUT2D eigenvalue weighted by Gasteiger charge is 2.44.